The summed E-state index contributed by atoms with van der Waals surface area (Å²) in [4.78, 5) is 20.4. The predicted octanol–water partition coefficient (Wildman–Crippen LogP) is 3.47. The van der Waals surface area contributed by atoms with E-state index >= 15 is 0 Å². The number of nitrogens with zero attached hydrogens (tertiary/aromatic N) is 2. The van der Waals surface area contributed by atoms with Crippen LogP contribution in [0.15, 0.2) is 10.7 Å². The number of rotatable bonds is 4. The van der Waals surface area contributed by atoms with Gasteiger partial charge in [0.2, 0.25) is 0 Å². The highest BCUT2D eigenvalue weighted by molar-refractivity contribution is 9.10. The largest absolute Gasteiger partial charge is 0.444 e. The minimum atomic E-state index is -0.489. The molecule has 0 aliphatic carbocycles. The molecule has 0 saturated carbocycles. The number of alkyl carbamates (subject to hydrolysis) is 1. The van der Waals surface area contributed by atoms with Gasteiger partial charge in [0.1, 0.15) is 21.8 Å². The highest BCUT2D eigenvalue weighted by Gasteiger charge is 2.19. The molecule has 0 aliphatic heterocycles. The van der Waals surface area contributed by atoms with Crippen LogP contribution in [0.5, 0.6) is 0 Å². The van der Waals surface area contributed by atoms with Crippen molar-refractivity contribution < 1.29 is 9.53 Å². The van der Waals surface area contributed by atoms with Crippen LogP contribution >= 0.6 is 15.9 Å². The van der Waals surface area contributed by atoms with Crippen molar-refractivity contribution in [1.82, 2.24) is 15.3 Å². The van der Waals surface area contributed by atoms with Gasteiger partial charge in [0.25, 0.3) is 0 Å². The fraction of sp³-hybridized carbons (Fsp3) is 0.667. The first-order valence-electron chi connectivity index (χ1n) is 7.23. The predicted molar refractivity (Wildman–Crippen MR) is 91.2 cm³/mol. The number of anilines is 1. The first kappa shape index (κ1) is 18.7. The Bertz CT molecular complexity index is 521. The normalized spacial score (nSPS) is 12.0. The first-order chi connectivity index (χ1) is 9.97. The number of hydrogen-bond acceptors (Lipinski definition) is 5. The van der Waals surface area contributed by atoms with Gasteiger partial charge in [-0.15, -0.1) is 0 Å². The molecule has 0 aromatic carbocycles. The summed E-state index contributed by atoms with van der Waals surface area (Å²) >= 11 is 3.39. The van der Waals surface area contributed by atoms with Crippen LogP contribution in [0, 0.1) is 0 Å². The molecular formula is C15H25BrN4O2. The van der Waals surface area contributed by atoms with Crippen LogP contribution in [0.2, 0.25) is 0 Å². The molecule has 7 heteroatoms. The van der Waals surface area contributed by atoms with Crippen molar-refractivity contribution >= 4 is 27.8 Å². The van der Waals surface area contributed by atoms with Gasteiger partial charge in [0, 0.05) is 24.6 Å². The minimum Gasteiger partial charge on any atom is -0.444 e. The van der Waals surface area contributed by atoms with E-state index in [2.05, 4.69) is 57.3 Å². The van der Waals surface area contributed by atoms with Crippen molar-refractivity contribution in [2.45, 2.75) is 52.6 Å². The maximum absolute atomic E-state index is 11.5. The molecule has 0 bridgehead atoms. The molecule has 0 aliphatic rings. The fourth-order valence-corrected chi connectivity index (χ4v) is 1.90. The number of halogens is 1. The van der Waals surface area contributed by atoms with Gasteiger partial charge in [-0.2, -0.15) is 0 Å². The topological polar surface area (TPSA) is 76.1 Å². The zero-order valence-electron chi connectivity index (χ0n) is 14.1. The van der Waals surface area contributed by atoms with Crippen LogP contribution in [0.1, 0.15) is 47.4 Å². The number of ether oxygens (including phenoxy) is 1. The lowest BCUT2D eigenvalue weighted by molar-refractivity contribution is 0.0530. The Balaban J connectivity index is 2.49. The second kappa shape index (κ2) is 7.26. The van der Waals surface area contributed by atoms with E-state index in [0.29, 0.717) is 13.1 Å². The summed E-state index contributed by atoms with van der Waals surface area (Å²) in [5, 5.41) is 5.85. The molecule has 0 radical (unpaired) electrons. The number of carbonyl (C=O) groups is 1. The van der Waals surface area contributed by atoms with Crippen LogP contribution in [0.25, 0.3) is 0 Å². The smallest absolute Gasteiger partial charge is 0.407 e. The van der Waals surface area contributed by atoms with E-state index in [1.807, 2.05) is 26.8 Å². The molecule has 0 unspecified atom stereocenters. The summed E-state index contributed by atoms with van der Waals surface area (Å²) in [6.45, 7) is 12.7. The molecule has 0 fully saturated rings. The molecule has 6 nitrogen and oxygen atoms in total. The van der Waals surface area contributed by atoms with Crippen LogP contribution in [-0.2, 0) is 10.2 Å². The van der Waals surface area contributed by atoms with Crippen molar-refractivity contribution in [3.05, 3.63) is 16.5 Å². The molecule has 1 amide bonds. The maximum Gasteiger partial charge on any atom is 0.407 e. The third-order valence-corrected chi connectivity index (χ3v) is 2.87. The van der Waals surface area contributed by atoms with E-state index in [0.717, 1.165) is 16.2 Å². The Morgan fingerprint density at radius 2 is 1.82 bits per heavy atom. The summed E-state index contributed by atoms with van der Waals surface area (Å²) in [5.74, 6) is 1.47. The minimum absolute atomic E-state index is 0.130. The van der Waals surface area contributed by atoms with Crippen LogP contribution in [-0.4, -0.2) is 34.8 Å². The van der Waals surface area contributed by atoms with E-state index in [-0.39, 0.29) is 5.41 Å². The average molecular weight is 373 g/mol. The summed E-state index contributed by atoms with van der Waals surface area (Å²) in [7, 11) is 0. The Labute approximate surface area is 140 Å². The fourth-order valence-electron chi connectivity index (χ4n) is 1.51. The van der Waals surface area contributed by atoms with Gasteiger partial charge in [0.05, 0.1) is 0 Å². The Hall–Kier alpha value is -1.37. The van der Waals surface area contributed by atoms with E-state index in [9.17, 15) is 4.79 Å². The first-order valence-corrected chi connectivity index (χ1v) is 8.02. The summed E-state index contributed by atoms with van der Waals surface area (Å²) in [6.07, 6.45) is -0.423. The van der Waals surface area contributed by atoms with E-state index in [1.165, 1.54) is 0 Å². The number of nitrogens with one attached hydrogen (secondary N) is 2. The van der Waals surface area contributed by atoms with Crippen molar-refractivity contribution in [1.29, 1.82) is 0 Å². The van der Waals surface area contributed by atoms with Crippen LogP contribution < -0.4 is 10.6 Å². The molecular weight excluding hydrogens is 348 g/mol. The monoisotopic (exact) mass is 372 g/mol. The molecule has 0 saturated heterocycles. The highest BCUT2D eigenvalue weighted by Crippen LogP contribution is 2.22. The van der Waals surface area contributed by atoms with Gasteiger partial charge in [0.15, 0.2) is 0 Å². The second-order valence-electron chi connectivity index (χ2n) is 7.00. The van der Waals surface area contributed by atoms with E-state index in [1.54, 1.807) is 0 Å². The van der Waals surface area contributed by atoms with Gasteiger partial charge in [-0.05, 0) is 36.7 Å². The summed E-state index contributed by atoms with van der Waals surface area (Å²) in [6, 6.07) is 1.81. The molecule has 1 aromatic rings. The zero-order chi connectivity index (χ0) is 17.0. The number of carbonyl (C=O) groups excluding carboxylic acids is 1. The number of amides is 1. The molecule has 1 aromatic heterocycles. The molecule has 1 heterocycles. The quantitative estimate of drug-likeness (QED) is 0.624. The van der Waals surface area contributed by atoms with Gasteiger partial charge in [-0.25, -0.2) is 14.8 Å². The third kappa shape index (κ3) is 7.06. The molecule has 1 rings (SSSR count). The van der Waals surface area contributed by atoms with Crippen molar-refractivity contribution in [3.63, 3.8) is 0 Å². The van der Waals surface area contributed by atoms with Gasteiger partial charge in [-0.1, -0.05) is 20.8 Å². The Morgan fingerprint density at radius 3 is 2.36 bits per heavy atom. The van der Waals surface area contributed by atoms with Crippen molar-refractivity contribution in [2.75, 3.05) is 18.4 Å². The van der Waals surface area contributed by atoms with Crippen molar-refractivity contribution in [2.24, 2.45) is 0 Å². The second-order valence-corrected chi connectivity index (χ2v) is 7.82. The number of hydrogen-bond donors (Lipinski definition) is 2. The lowest BCUT2D eigenvalue weighted by Crippen LogP contribution is -2.35. The highest BCUT2D eigenvalue weighted by atomic mass is 79.9. The van der Waals surface area contributed by atoms with Gasteiger partial charge < -0.3 is 15.4 Å². The zero-order valence-corrected chi connectivity index (χ0v) is 15.7. The van der Waals surface area contributed by atoms with Gasteiger partial charge in [-0.3, -0.25) is 0 Å². The standard InChI is InChI=1S/C15H25BrN4O2/c1-14(2,3)12-19-10(16)9-11(20-12)17-7-8-18-13(21)22-15(4,5)6/h9H,7-8H2,1-6H3,(H,18,21)(H,17,19,20). The molecule has 2 N–H and O–H groups in total. The molecule has 22 heavy (non-hydrogen) atoms. The summed E-state index contributed by atoms with van der Waals surface area (Å²) in [5.41, 5.74) is -0.619. The Morgan fingerprint density at radius 1 is 1.18 bits per heavy atom. The van der Waals surface area contributed by atoms with Crippen LogP contribution in [0.3, 0.4) is 0 Å². The third-order valence-electron chi connectivity index (χ3n) is 2.47. The maximum atomic E-state index is 11.5. The van der Waals surface area contributed by atoms with E-state index in [4.69, 9.17) is 4.74 Å². The van der Waals surface area contributed by atoms with Crippen molar-refractivity contribution in [3.8, 4) is 0 Å². The molecule has 0 atom stereocenters. The molecule has 124 valence electrons. The molecule has 0 spiro atoms. The summed E-state index contributed by atoms with van der Waals surface area (Å²) < 4.78 is 5.89. The van der Waals surface area contributed by atoms with Gasteiger partial charge >= 0.3 is 6.09 Å². The lowest BCUT2D eigenvalue weighted by atomic mass is 9.96. The van der Waals surface area contributed by atoms with Crippen LogP contribution in [0.4, 0.5) is 10.6 Å². The van der Waals surface area contributed by atoms with E-state index < -0.39 is 11.7 Å². The average Bonchev–Trinajstić information content (AvgIpc) is 2.30. The lowest BCUT2D eigenvalue weighted by Gasteiger charge is -2.20. The SMILES string of the molecule is CC(C)(C)OC(=O)NCCNc1cc(Br)nc(C(C)(C)C)n1. The number of aromatic nitrogens is 2. The Kier molecular flexibility index (Phi) is 6.17.